The molecule has 1 saturated heterocycles. The van der Waals surface area contributed by atoms with Crippen LogP contribution in [0.2, 0.25) is 5.02 Å². The van der Waals surface area contributed by atoms with E-state index in [0.29, 0.717) is 39.0 Å². The number of hydrogen-bond donors (Lipinski definition) is 2. The van der Waals surface area contributed by atoms with Gasteiger partial charge in [-0.25, -0.2) is 0 Å². The number of rotatable bonds is 6. The number of morpholine rings is 1. The Kier molecular flexibility index (Phi) is 9.60. The third-order valence-electron chi connectivity index (χ3n) is 4.41. The molecule has 1 aliphatic heterocycles. The summed E-state index contributed by atoms with van der Waals surface area (Å²) in [5.41, 5.74) is 2.31. The van der Waals surface area contributed by atoms with Gasteiger partial charge in [-0.05, 0) is 24.3 Å². The van der Waals surface area contributed by atoms with Gasteiger partial charge >= 0.3 is 0 Å². The van der Waals surface area contributed by atoms with E-state index in [-0.39, 0.29) is 0 Å². The number of carbonyl (C=O) groups excluding carboxylic acids is 1. The maximum Gasteiger partial charge on any atom is 0.257 e. The van der Waals surface area contributed by atoms with Crippen molar-refractivity contribution in [3.8, 4) is 28.3 Å². The molecule has 10 heteroatoms. The summed E-state index contributed by atoms with van der Waals surface area (Å²) in [6, 6.07) is 14.0. The monoisotopic (exact) mass is 509 g/mol. The highest BCUT2D eigenvalue weighted by molar-refractivity contribution is 6.54. The van der Waals surface area contributed by atoms with Crippen molar-refractivity contribution in [2.75, 3.05) is 31.6 Å². The van der Waals surface area contributed by atoms with Crippen molar-refractivity contribution in [1.82, 2.24) is 10.5 Å². The van der Waals surface area contributed by atoms with E-state index >= 15 is 0 Å². The molecule has 0 atom stereocenters. The number of aromatic nitrogens is 1. The summed E-state index contributed by atoms with van der Waals surface area (Å²) in [6.07, 6.45) is 1.31. The number of nitrogens with one attached hydrogen (secondary N) is 2. The van der Waals surface area contributed by atoms with Gasteiger partial charge in [0.1, 0.15) is 11.4 Å². The fourth-order valence-corrected chi connectivity index (χ4v) is 3.30. The largest absolute Gasteiger partial charge is 0.465 e. The molecule has 0 bridgehead atoms. The van der Waals surface area contributed by atoms with Gasteiger partial charge in [0, 0.05) is 30.4 Å². The van der Waals surface area contributed by atoms with Gasteiger partial charge in [-0.15, -0.1) is 0 Å². The summed E-state index contributed by atoms with van der Waals surface area (Å²) < 4.78 is 15.9. The second-order valence-corrected chi connectivity index (χ2v) is 8.21. The second kappa shape index (κ2) is 12.6. The maximum atomic E-state index is 11.6. The van der Waals surface area contributed by atoms with E-state index in [4.69, 9.17) is 48.8 Å². The Hall–Kier alpha value is -2.55. The van der Waals surface area contributed by atoms with Gasteiger partial charge < -0.3 is 24.6 Å². The van der Waals surface area contributed by atoms with E-state index in [1.54, 1.807) is 42.5 Å². The lowest BCUT2D eigenvalue weighted by molar-refractivity contribution is -0.114. The highest BCUT2D eigenvalue weighted by atomic mass is 35.5. The Morgan fingerprint density at radius 3 is 2.58 bits per heavy atom. The van der Waals surface area contributed by atoms with E-state index in [0.717, 1.165) is 26.3 Å². The first kappa shape index (κ1) is 25.1. The molecule has 0 aliphatic carbocycles. The number of halogens is 3. The lowest BCUT2D eigenvalue weighted by Gasteiger charge is -2.10. The van der Waals surface area contributed by atoms with E-state index in [2.05, 4.69) is 22.4 Å². The highest BCUT2D eigenvalue weighted by Crippen LogP contribution is 2.38. The number of carbonyl (C=O) groups is 1. The van der Waals surface area contributed by atoms with Gasteiger partial charge in [0.15, 0.2) is 10.6 Å². The van der Waals surface area contributed by atoms with Crippen LogP contribution in [-0.2, 0) is 9.53 Å². The minimum absolute atomic E-state index is 0.463. The van der Waals surface area contributed by atoms with Crippen molar-refractivity contribution < 1.29 is 18.8 Å². The van der Waals surface area contributed by atoms with Crippen LogP contribution < -0.4 is 15.4 Å². The van der Waals surface area contributed by atoms with E-state index in [9.17, 15) is 4.79 Å². The average Bonchev–Trinajstić information content (AvgIpc) is 3.31. The van der Waals surface area contributed by atoms with Crippen molar-refractivity contribution in [3.05, 3.63) is 66.4 Å². The van der Waals surface area contributed by atoms with Gasteiger partial charge in [0.2, 0.25) is 0 Å². The van der Waals surface area contributed by atoms with Crippen LogP contribution in [0.3, 0.4) is 0 Å². The van der Waals surface area contributed by atoms with Crippen LogP contribution >= 0.6 is 34.8 Å². The molecule has 0 radical (unpaired) electrons. The summed E-state index contributed by atoms with van der Waals surface area (Å²) in [4.78, 5) is 10.5. The van der Waals surface area contributed by atoms with Crippen molar-refractivity contribution in [2.45, 2.75) is 4.84 Å². The first-order valence-corrected chi connectivity index (χ1v) is 11.3. The lowest BCUT2D eigenvalue weighted by Crippen LogP contribution is -2.30. The zero-order chi connectivity index (χ0) is 23.6. The third kappa shape index (κ3) is 7.22. The molecule has 1 aliphatic rings. The van der Waals surface area contributed by atoms with Crippen LogP contribution in [0.25, 0.3) is 22.6 Å². The molecule has 3 aromatic rings. The molecule has 2 heterocycles. The van der Waals surface area contributed by atoms with Crippen molar-refractivity contribution >= 4 is 46.4 Å². The van der Waals surface area contributed by atoms with Crippen LogP contribution in [0.1, 0.15) is 0 Å². The first-order chi connectivity index (χ1) is 16.0. The number of nitrogens with zero attached hydrogens (tertiary/aromatic N) is 1. The van der Waals surface area contributed by atoms with Gasteiger partial charge in [0.05, 0.1) is 30.1 Å². The third-order valence-corrected chi connectivity index (χ3v) is 5.12. The predicted octanol–water partition coefficient (Wildman–Crippen LogP) is 5.53. The molecular formula is C23H22Cl3N3O4. The quantitative estimate of drug-likeness (QED) is 0.335. The number of anilines is 1. The summed E-state index contributed by atoms with van der Waals surface area (Å²) in [5, 5.41) is 10.3. The average molecular weight is 511 g/mol. The molecule has 7 nitrogen and oxygen atoms in total. The van der Waals surface area contributed by atoms with E-state index < -0.39 is 10.7 Å². The topological polar surface area (TPSA) is 85.6 Å². The Balaban J connectivity index is 0.000000442. The Morgan fingerprint density at radius 2 is 1.94 bits per heavy atom. The molecule has 4 rings (SSSR count). The van der Waals surface area contributed by atoms with Crippen LogP contribution in [-0.4, -0.2) is 42.2 Å². The van der Waals surface area contributed by atoms with Crippen molar-refractivity contribution in [2.24, 2.45) is 0 Å². The highest BCUT2D eigenvalue weighted by Gasteiger charge is 2.17. The standard InChI is InChI=1S/C19H13Cl3N2O3.C4H9NO/c1-2-26-15-8-4-7-13(20)17(15)14-10-16(27-24-14)11-5-3-6-12(9-11)23-19(25)18(21)22;1-3-6-4-2-5-1/h2-10,18H,1H2,(H,23,25);5H,1-4H2. The Morgan fingerprint density at radius 1 is 1.18 bits per heavy atom. The molecule has 0 saturated carbocycles. The number of benzene rings is 2. The Bertz CT molecular complexity index is 1070. The smallest absolute Gasteiger partial charge is 0.257 e. The van der Waals surface area contributed by atoms with Crippen molar-refractivity contribution in [1.29, 1.82) is 0 Å². The van der Waals surface area contributed by atoms with Crippen LogP contribution in [0, 0.1) is 0 Å². The van der Waals surface area contributed by atoms with Gasteiger partial charge in [-0.2, -0.15) is 0 Å². The summed E-state index contributed by atoms with van der Waals surface area (Å²) in [5.74, 6) is 0.475. The molecule has 2 N–H and O–H groups in total. The minimum atomic E-state index is -1.16. The molecule has 1 aromatic heterocycles. The number of amides is 1. The molecule has 0 unspecified atom stereocenters. The summed E-state index contributed by atoms with van der Waals surface area (Å²) >= 11 is 17.4. The van der Waals surface area contributed by atoms with Crippen LogP contribution in [0.5, 0.6) is 5.75 Å². The molecule has 2 aromatic carbocycles. The van der Waals surface area contributed by atoms with Crippen molar-refractivity contribution in [3.63, 3.8) is 0 Å². The number of ether oxygens (including phenoxy) is 2. The van der Waals surface area contributed by atoms with Crippen LogP contribution in [0.15, 0.2) is 65.9 Å². The molecule has 33 heavy (non-hydrogen) atoms. The van der Waals surface area contributed by atoms with Gasteiger partial charge in [0.25, 0.3) is 5.91 Å². The normalized spacial score (nSPS) is 13.1. The molecule has 1 amide bonds. The zero-order valence-corrected chi connectivity index (χ0v) is 19.8. The fourth-order valence-electron chi connectivity index (χ4n) is 2.93. The number of alkyl halides is 2. The SMILES string of the molecule is C1COCCN1.C=COc1cccc(Cl)c1-c1cc(-c2cccc(NC(=O)C(Cl)Cl)c2)on1. The van der Waals surface area contributed by atoms with E-state index in [1.807, 2.05) is 6.07 Å². The summed E-state index contributed by atoms with van der Waals surface area (Å²) in [7, 11) is 0. The molecule has 1 fully saturated rings. The first-order valence-electron chi connectivity index (χ1n) is 10.0. The van der Waals surface area contributed by atoms with E-state index in [1.165, 1.54) is 6.26 Å². The maximum absolute atomic E-state index is 11.6. The van der Waals surface area contributed by atoms with Gasteiger partial charge in [-0.3, -0.25) is 4.79 Å². The molecule has 0 spiro atoms. The zero-order valence-electron chi connectivity index (χ0n) is 17.5. The Labute approximate surface area is 206 Å². The number of hydrogen-bond acceptors (Lipinski definition) is 6. The molecule has 174 valence electrons. The predicted molar refractivity (Wildman–Crippen MR) is 131 cm³/mol. The molecular weight excluding hydrogens is 489 g/mol. The fraction of sp³-hybridized carbons (Fsp3) is 0.217. The lowest BCUT2D eigenvalue weighted by atomic mass is 10.1. The van der Waals surface area contributed by atoms with Crippen LogP contribution in [0.4, 0.5) is 5.69 Å². The summed E-state index contributed by atoms with van der Waals surface area (Å²) in [6.45, 7) is 7.39. The minimum Gasteiger partial charge on any atom is -0.465 e. The second-order valence-electron chi connectivity index (χ2n) is 6.71. The van der Waals surface area contributed by atoms with Gasteiger partial charge in [-0.1, -0.05) is 64.7 Å².